The van der Waals surface area contributed by atoms with E-state index in [1.165, 1.54) is 18.2 Å². The Kier molecular flexibility index (Phi) is 3.82. The van der Waals surface area contributed by atoms with E-state index < -0.39 is 11.6 Å². The number of hydrogen-bond acceptors (Lipinski definition) is 6. The molecule has 0 saturated heterocycles. The minimum Gasteiger partial charge on any atom is -0.508 e. The Morgan fingerprint density at radius 1 is 1.37 bits per heavy atom. The zero-order valence-electron chi connectivity index (χ0n) is 10.1. The van der Waals surface area contributed by atoms with Crippen LogP contribution >= 0.6 is 0 Å². The van der Waals surface area contributed by atoms with Crippen molar-refractivity contribution in [3.8, 4) is 11.5 Å². The molecule has 1 heterocycles. The number of aromatic hydroxyl groups is 1. The summed E-state index contributed by atoms with van der Waals surface area (Å²) in [6, 6.07) is 5.73. The summed E-state index contributed by atoms with van der Waals surface area (Å²) in [5.74, 6) is -0.709. The molecule has 0 amide bonds. The van der Waals surface area contributed by atoms with Crippen LogP contribution in [-0.2, 0) is 4.79 Å². The Hall–Kier alpha value is -2.34. The standard InChI is InChI=1S/C13H13NO5/c14-5-1-2-12(16)18-11-6-8-3-4-9(15)7-10(8)19-13(11)17/h3-4,6-7,15H,1-2,5,14H2. The lowest BCUT2D eigenvalue weighted by molar-refractivity contribution is -0.134. The molecule has 0 saturated carbocycles. The molecule has 0 aliphatic heterocycles. The molecule has 6 nitrogen and oxygen atoms in total. The average molecular weight is 263 g/mol. The van der Waals surface area contributed by atoms with Gasteiger partial charge < -0.3 is 20.0 Å². The molecule has 0 unspecified atom stereocenters. The molecule has 1 aromatic heterocycles. The van der Waals surface area contributed by atoms with Gasteiger partial charge in [0.05, 0.1) is 0 Å². The van der Waals surface area contributed by atoms with Crippen molar-refractivity contribution in [1.29, 1.82) is 0 Å². The summed E-state index contributed by atoms with van der Waals surface area (Å²) in [6.45, 7) is 0.376. The van der Waals surface area contributed by atoms with E-state index in [2.05, 4.69) is 0 Å². The SMILES string of the molecule is NCCCC(=O)Oc1cc2ccc(O)cc2oc1=O. The number of carbonyl (C=O) groups excluding carboxylic acids is 1. The number of fused-ring (bicyclic) bond motifs is 1. The highest BCUT2D eigenvalue weighted by atomic mass is 16.5. The summed E-state index contributed by atoms with van der Waals surface area (Å²) in [5.41, 5.74) is 4.74. The lowest BCUT2D eigenvalue weighted by Crippen LogP contribution is -2.15. The van der Waals surface area contributed by atoms with Crippen LogP contribution in [-0.4, -0.2) is 17.6 Å². The molecule has 3 N–H and O–H groups in total. The van der Waals surface area contributed by atoms with E-state index in [1.807, 2.05) is 0 Å². The van der Waals surface area contributed by atoms with Gasteiger partial charge in [0.25, 0.3) is 0 Å². The number of rotatable bonds is 4. The van der Waals surface area contributed by atoms with Crippen molar-refractivity contribution >= 4 is 16.9 Å². The third-order valence-corrected chi connectivity index (χ3v) is 2.50. The molecule has 0 atom stereocenters. The first kappa shape index (κ1) is 13.1. The van der Waals surface area contributed by atoms with Gasteiger partial charge in [-0.15, -0.1) is 0 Å². The van der Waals surface area contributed by atoms with Crippen molar-refractivity contribution < 1.29 is 19.1 Å². The first-order valence-electron chi connectivity index (χ1n) is 5.78. The van der Waals surface area contributed by atoms with Crippen molar-refractivity contribution in [2.75, 3.05) is 6.54 Å². The molecule has 19 heavy (non-hydrogen) atoms. The Balaban J connectivity index is 2.29. The predicted molar refractivity (Wildman–Crippen MR) is 68.1 cm³/mol. The third-order valence-electron chi connectivity index (χ3n) is 2.50. The first-order valence-corrected chi connectivity index (χ1v) is 5.78. The Labute approximate surface area is 108 Å². The van der Waals surface area contributed by atoms with Gasteiger partial charge in [0, 0.05) is 17.9 Å². The Morgan fingerprint density at radius 3 is 2.89 bits per heavy atom. The van der Waals surface area contributed by atoms with Crippen LogP contribution in [0.25, 0.3) is 11.0 Å². The average Bonchev–Trinajstić information content (AvgIpc) is 2.37. The van der Waals surface area contributed by atoms with Crippen molar-refractivity contribution in [2.24, 2.45) is 5.73 Å². The van der Waals surface area contributed by atoms with Gasteiger partial charge >= 0.3 is 11.6 Å². The van der Waals surface area contributed by atoms with Crippen LogP contribution in [0.15, 0.2) is 33.5 Å². The van der Waals surface area contributed by atoms with Crippen molar-refractivity contribution in [1.82, 2.24) is 0 Å². The number of esters is 1. The molecule has 6 heteroatoms. The highest BCUT2D eigenvalue weighted by Gasteiger charge is 2.11. The van der Waals surface area contributed by atoms with Crippen LogP contribution in [0, 0.1) is 0 Å². The lowest BCUT2D eigenvalue weighted by atomic mass is 10.2. The molecule has 0 aliphatic rings. The smallest absolute Gasteiger partial charge is 0.379 e. The number of nitrogens with two attached hydrogens (primary N) is 1. The van der Waals surface area contributed by atoms with Gasteiger partial charge in [0.1, 0.15) is 11.3 Å². The molecule has 0 radical (unpaired) electrons. The zero-order chi connectivity index (χ0) is 13.8. The molecule has 0 aliphatic carbocycles. The maximum absolute atomic E-state index is 11.6. The van der Waals surface area contributed by atoms with Crippen molar-refractivity contribution in [3.05, 3.63) is 34.7 Å². The van der Waals surface area contributed by atoms with E-state index in [9.17, 15) is 14.7 Å². The highest BCUT2D eigenvalue weighted by Crippen LogP contribution is 2.21. The van der Waals surface area contributed by atoms with Crippen LogP contribution in [0.5, 0.6) is 11.5 Å². The van der Waals surface area contributed by atoms with Gasteiger partial charge in [-0.3, -0.25) is 4.79 Å². The topological polar surface area (TPSA) is 103 Å². The first-order chi connectivity index (χ1) is 9.10. The quantitative estimate of drug-likeness (QED) is 0.633. The van der Waals surface area contributed by atoms with E-state index in [0.717, 1.165) is 0 Å². The van der Waals surface area contributed by atoms with Gasteiger partial charge in [-0.05, 0) is 31.2 Å². The predicted octanol–water partition coefficient (Wildman–Crippen LogP) is 1.14. The summed E-state index contributed by atoms with van der Waals surface area (Å²) in [6.07, 6.45) is 0.634. The summed E-state index contributed by atoms with van der Waals surface area (Å²) in [5, 5.41) is 9.83. The van der Waals surface area contributed by atoms with Gasteiger partial charge in [0.15, 0.2) is 0 Å². The normalized spacial score (nSPS) is 10.6. The van der Waals surface area contributed by atoms with Gasteiger partial charge in [-0.2, -0.15) is 0 Å². The maximum Gasteiger partial charge on any atom is 0.379 e. The van der Waals surface area contributed by atoms with E-state index in [1.54, 1.807) is 6.07 Å². The summed E-state index contributed by atoms with van der Waals surface area (Å²) < 4.78 is 9.88. The molecule has 0 fully saturated rings. The molecular formula is C13H13NO5. The highest BCUT2D eigenvalue weighted by molar-refractivity contribution is 5.80. The fourth-order valence-electron chi connectivity index (χ4n) is 1.57. The van der Waals surface area contributed by atoms with E-state index in [0.29, 0.717) is 18.4 Å². The molecule has 100 valence electrons. The van der Waals surface area contributed by atoms with Crippen LogP contribution in [0.4, 0.5) is 0 Å². The van der Waals surface area contributed by atoms with Crippen LogP contribution < -0.4 is 16.1 Å². The molecule has 1 aromatic carbocycles. The van der Waals surface area contributed by atoms with Crippen molar-refractivity contribution in [2.45, 2.75) is 12.8 Å². The fraction of sp³-hybridized carbons (Fsp3) is 0.231. The summed E-state index contributed by atoms with van der Waals surface area (Å²) >= 11 is 0. The van der Waals surface area contributed by atoms with Gasteiger partial charge in [0.2, 0.25) is 5.75 Å². The fourth-order valence-corrected chi connectivity index (χ4v) is 1.57. The molecule has 2 aromatic rings. The number of hydrogen-bond donors (Lipinski definition) is 2. The largest absolute Gasteiger partial charge is 0.508 e. The van der Waals surface area contributed by atoms with Crippen LogP contribution in [0.2, 0.25) is 0 Å². The second kappa shape index (κ2) is 5.53. The number of carbonyl (C=O) groups is 1. The summed E-state index contributed by atoms with van der Waals surface area (Å²) in [4.78, 5) is 23.0. The minimum absolute atomic E-state index is 0.0108. The minimum atomic E-state index is -0.765. The Morgan fingerprint density at radius 2 is 2.16 bits per heavy atom. The number of phenolic OH excluding ortho intramolecular Hbond substituents is 1. The third kappa shape index (κ3) is 3.11. The maximum atomic E-state index is 11.6. The van der Waals surface area contributed by atoms with E-state index in [4.69, 9.17) is 14.9 Å². The van der Waals surface area contributed by atoms with Gasteiger partial charge in [-0.25, -0.2) is 4.79 Å². The number of benzene rings is 1. The second-order valence-corrected chi connectivity index (χ2v) is 3.99. The zero-order valence-corrected chi connectivity index (χ0v) is 10.1. The van der Waals surface area contributed by atoms with Crippen LogP contribution in [0.3, 0.4) is 0 Å². The van der Waals surface area contributed by atoms with Crippen LogP contribution in [0.1, 0.15) is 12.8 Å². The van der Waals surface area contributed by atoms with E-state index in [-0.39, 0.29) is 23.5 Å². The monoisotopic (exact) mass is 263 g/mol. The molecule has 0 bridgehead atoms. The van der Waals surface area contributed by atoms with Crippen molar-refractivity contribution in [3.63, 3.8) is 0 Å². The van der Waals surface area contributed by atoms with E-state index >= 15 is 0 Å². The Bertz CT molecular complexity index is 662. The van der Waals surface area contributed by atoms with Gasteiger partial charge in [-0.1, -0.05) is 0 Å². The summed E-state index contributed by atoms with van der Waals surface area (Å²) in [7, 11) is 0. The number of ether oxygens (including phenoxy) is 1. The molecular weight excluding hydrogens is 250 g/mol. The molecule has 0 spiro atoms. The molecule has 2 rings (SSSR count). The second-order valence-electron chi connectivity index (χ2n) is 3.99. The number of phenols is 1. The lowest BCUT2D eigenvalue weighted by Gasteiger charge is -2.04.